The zero-order valence-electron chi connectivity index (χ0n) is 15.7. The molecule has 1 amide bonds. The number of benzene rings is 1. The molecule has 6 nitrogen and oxygen atoms in total. The summed E-state index contributed by atoms with van der Waals surface area (Å²) in [5.74, 6) is -0.0322. The number of Topliss-reactive ketones (excluding diaryl/α,β-unsaturated/α-hetero) is 1. The maximum atomic E-state index is 12.7. The fourth-order valence-electron chi connectivity index (χ4n) is 3.60. The fourth-order valence-corrected chi connectivity index (χ4v) is 3.60. The maximum Gasteiger partial charge on any atom is 0.261 e. The normalized spacial score (nSPS) is 15.9. The molecule has 4 rings (SSSR count). The number of nitrogens with one attached hydrogen (secondary N) is 2. The van der Waals surface area contributed by atoms with Gasteiger partial charge in [-0.1, -0.05) is 12.1 Å². The van der Waals surface area contributed by atoms with Crippen LogP contribution in [0.5, 0.6) is 0 Å². The molecule has 0 spiro atoms. The molecule has 0 bridgehead atoms. The molecule has 0 saturated heterocycles. The molecule has 28 heavy (non-hydrogen) atoms. The lowest BCUT2D eigenvalue weighted by Crippen LogP contribution is -2.29. The predicted molar refractivity (Wildman–Crippen MR) is 105 cm³/mol. The monoisotopic (exact) mass is 376 g/mol. The Balaban J connectivity index is 1.65. The molecule has 1 atom stereocenters. The highest BCUT2D eigenvalue weighted by Crippen LogP contribution is 2.31. The van der Waals surface area contributed by atoms with Crippen LogP contribution in [0.3, 0.4) is 0 Å². The number of amides is 1. The van der Waals surface area contributed by atoms with E-state index in [1.807, 2.05) is 32.0 Å². The Morgan fingerprint density at radius 2 is 1.96 bits per heavy atom. The van der Waals surface area contributed by atoms with Crippen LogP contribution in [-0.2, 0) is 6.42 Å². The summed E-state index contributed by atoms with van der Waals surface area (Å²) in [6.07, 6.45) is 2.34. The minimum absolute atomic E-state index is 0.0653. The largest absolute Gasteiger partial charge is 0.469 e. The van der Waals surface area contributed by atoms with Crippen LogP contribution >= 0.6 is 0 Å². The van der Waals surface area contributed by atoms with Crippen LogP contribution in [0.4, 0.5) is 5.69 Å². The van der Waals surface area contributed by atoms with Crippen molar-refractivity contribution in [3.8, 4) is 0 Å². The molecule has 1 aliphatic carbocycles. The van der Waals surface area contributed by atoms with E-state index in [2.05, 4.69) is 10.3 Å². The van der Waals surface area contributed by atoms with E-state index < -0.39 is 11.5 Å². The van der Waals surface area contributed by atoms with Crippen LogP contribution in [0.1, 0.15) is 55.6 Å². The van der Waals surface area contributed by atoms with Crippen molar-refractivity contribution in [2.75, 3.05) is 5.32 Å². The van der Waals surface area contributed by atoms with Crippen LogP contribution in [0, 0.1) is 13.8 Å². The molecule has 0 unspecified atom stereocenters. The third-order valence-corrected chi connectivity index (χ3v) is 5.35. The maximum absolute atomic E-state index is 12.7. The smallest absolute Gasteiger partial charge is 0.261 e. The molecule has 2 N–H and O–H groups in total. The number of furan rings is 1. The van der Waals surface area contributed by atoms with Gasteiger partial charge in [0, 0.05) is 29.3 Å². The molecular formula is C22H20N2O4. The van der Waals surface area contributed by atoms with E-state index in [4.69, 9.17) is 4.42 Å². The van der Waals surface area contributed by atoms with Gasteiger partial charge >= 0.3 is 0 Å². The summed E-state index contributed by atoms with van der Waals surface area (Å²) in [5, 5.41) is 2.78. The second kappa shape index (κ2) is 6.96. The highest BCUT2D eigenvalue weighted by Gasteiger charge is 2.30. The van der Waals surface area contributed by atoms with Gasteiger partial charge in [-0.3, -0.25) is 14.4 Å². The van der Waals surface area contributed by atoms with Gasteiger partial charge in [0.15, 0.2) is 5.78 Å². The molecule has 0 aliphatic heterocycles. The van der Waals surface area contributed by atoms with E-state index in [1.54, 1.807) is 18.4 Å². The molecule has 3 aromatic rings. The van der Waals surface area contributed by atoms with Crippen molar-refractivity contribution in [3.63, 3.8) is 0 Å². The Morgan fingerprint density at radius 1 is 1.14 bits per heavy atom. The lowest BCUT2D eigenvalue weighted by molar-refractivity contribution is 0.0959. The average Bonchev–Trinajstić information content (AvgIpc) is 3.19. The number of aromatic nitrogens is 1. The number of hydrogen-bond acceptors (Lipinski definition) is 4. The van der Waals surface area contributed by atoms with Crippen LogP contribution in [0.2, 0.25) is 0 Å². The second-order valence-electron chi connectivity index (χ2n) is 7.15. The summed E-state index contributed by atoms with van der Waals surface area (Å²) in [6, 6.07) is 10.6. The number of pyridine rings is 1. The number of fused-ring (bicyclic) bond motifs is 1. The van der Waals surface area contributed by atoms with E-state index in [0.717, 1.165) is 16.9 Å². The number of aryl methyl sites for hydroxylation is 1. The number of carbonyl (C=O) groups excluding carboxylic acids is 2. The topological polar surface area (TPSA) is 92.2 Å². The minimum atomic E-state index is -0.529. The van der Waals surface area contributed by atoms with Gasteiger partial charge < -0.3 is 14.7 Å². The summed E-state index contributed by atoms with van der Waals surface area (Å²) < 4.78 is 5.41. The zero-order chi connectivity index (χ0) is 19.8. The van der Waals surface area contributed by atoms with Gasteiger partial charge in [-0.25, -0.2) is 0 Å². The second-order valence-corrected chi connectivity index (χ2v) is 7.15. The van der Waals surface area contributed by atoms with Crippen molar-refractivity contribution in [3.05, 3.63) is 86.7 Å². The average molecular weight is 376 g/mol. The third kappa shape index (κ3) is 3.17. The third-order valence-electron chi connectivity index (χ3n) is 5.35. The molecule has 0 saturated carbocycles. The van der Waals surface area contributed by atoms with Crippen LogP contribution in [0.15, 0.2) is 51.9 Å². The first-order valence-corrected chi connectivity index (χ1v) is 9.14. The summed E-state index contributed by atoms with van der Waals surface area (Å²) in [5.41, 5.74) is 2.99. The molecule has 1 aromatic carbocycles. The number of H-pyrrole nitrogens is 1. The Kier molecular flexibility index (Phi) is 4.47. The highest BCUT2D eigenvalue weighted by atomic mass is 16.3. The van der Waals surface area contributed by atoms with Crippen LogP contribution < -0.4 is 10.9 Å². The Labute approximate surface area is 161 Å². The Hall–Kier alpha value is -3.41. The summed E-state index contributed by atoms with van der Waals surface area (Å²) in [6.45, 7) is 3.85. The van der Waals surface area contributed by atoms with Crippen LogP contribution in [-0.4, -0.2) is 16.7 Å². The predicted octanol–water partition coefficient (Wildman–Crippen LogP) is 3.75. The molecule has 6 heteroatoms. The van der Waals surface area contributed by atoms with Crippen molar-refractivity contribution in [2.24, 2.45) is 0 Å². The van der Waals surface area contributed by atoms with Gasteiger partial charge in [0.25, 0.3) is 11.5 Å². The summed E-state index contributed by atoms with van der Waals surface area (Å²) in [7, 11) is 0. The van der Waals surface area contributed by atoms with Gasteiger partial charge in [-0.05, 0) is 55.7 Å². The standard InChI is InChI=1S/C22H20N2O4/c1-12-5-3-6-17(13(12)2)23-21(26)16-11-15-18(24-22(16)27)9-14(10-19(15)25)20-7-4-8-28-20/h3-8,11,14H,9-10H2,1-2H3,(H,23,26)(H,24,27)/t14-/m1/s1. The summed E-state index contributed by atoms with van der Waals surface area (Å²) in [4.78, 5) is 40.6. The number of hydrogen-bond donors (Lipinski definition) is 2. The van der Waals surface area contributed by atoms with E-state index in [1.165, 1.54) is 6.07 Å². The number of aromatic amines is 1. The lowest BCUT2D eigenvalue weighted by Gasteiger charge is -2.22. The fraction of sp³-hybridized carbons (Fsp3) is 0.227. The van der Waals surface area contributed by atoms with Gasteiger partial charge in [0.05, 0.1) is 6.26 Å². The lowest BCUT2D eigenvalue weighted by atomic mass is 9.84. The van der Waals surface area contributed by atoms with Crippen molar-refractivity contribution in [1.29, 1.82) is 0 Å². The first kappa shape index (κ1) is 18.0. The molecule has 2 heterocycles. The van der Waals surface area contributed by atoms with E-state index in [-0.39, 0.29) is 23.7 Å². The zero-order valence-corrected chi connectivity index (χ0v) is 15.7. The van der Waals surface area contributed by atoms with Gasteiger partial charge in [0.2, 0.25) is 0 Å². The van der Waals surface area contributed by atoms with E-state index >= 15 is 0 Å². The molecule has 0 radical (unpaired) electrons. The molecule has 2 aromatic heterocycles. The minimum Gasteiger partial charge on any atom is -0.469 e. The summed E-state index contributed by atoms with van der Waals surface area (Å²) >= 11 is 0. The number of carbonyl (C=O) groups is 2. The van der Waals surface area contributed by atoms with Gasteiger partial charge in [-0.2, -0.15) is 0 Å². The number of ketones is 1. The van der Waals surface area contributed by atoms with Crippen molar-refractivity contribution in [2.45, 2.75) is 32.6 Å². The molecule has 0 fully saturated rings. The molecule has 1 aliphatic rings. The Bertz CT molecular complexity index is 1130. The quantitative estimate of drug-likeness (QED) is 0.728. The molecule has 142 valence electrons. The van der Waals surface area contributed by atoms with Crippen LogP contribution in [0.25, 0.3) is 0 Å². The van der Waals surface area contributed by atoms with Gasteiger partial charge in [0.1, 0.15) is 11.3 Å². The first-order chi connectivity index (χ1) is 13.4. The van der Waals surface area contributed by atoms with E-state index in [0.29, 0.717) is 23.4 Å². The number of rotatable bonds is 3. The Morgan fingerprint density at radius 3 is 2.71 bits per heavy atom. The van der Waals surface area contributed by atoms with Crippen molar-refractivity contribution >= 4 is 17.4 Å². The highest BCUT2D eigenvalue weighted by molar-refractivity contribution is 6.07. The first-order valence-electron chi connectivity index (χ1n) is 9.14. The van der Waals surface area contributed by atoms with Gasteiger partial charge in [-0.15, -0.1) is 0 Å². The SMILES string of the molecule is Cc1cccc(NC(=O)c2cc3c([nH]c2=O)C[C@@H](c2ccco2)CC3=O)c1C. The van der Waals surface area contributed by atoms with E-state index in [9.17, 15) is 14.4 Å². The van der Waals surface area contributed by atoms with Crippen molar-refractivity contribution in [1.82, 2.24) is 4.98 Å². The number of anilines is 1. The molecular weight excluding hydrogens is 356 g/mol. The van der Waals surface area contributed by atoms with Crippen molar-refractivity contribution < 1.29 is 14.0 Å².